The molecule has 188 valence electrons. The Bertz CT molecular complexity index is 1120. The Kier molecular flexibility index (Phi) is 6.42. The molecule has 1 unspecified atom stereocenters. The van der Waals surface area contributed by atoms with E-state index in [1.54, 1.807) is 6.92 Å². The molecular formula is C29H39N3O3. The first-order valence-corrected chi connectivity index (χ1v) is 14.0. The maximum atomic E-state index is 13.7. The van der Waals surface area contributed by atoms with E-state index in [9.17, 15) is 9.59 Å². The Morgan fingerprint density at radius 3 is 2.29 bits per heavy atom. The van der Waals surface area contributed by atoms with Gasteiger partial charge < -0.3 is 9.30 Å². The summed E-state index contributed by atoms with van der Waals surface area (Å²) in [7, 11) is 0. The number of fused-ring (bicyclic) bond motifs is 5. The van der Waals surface area contributed by atoms with Crippen molar-refractivity contribution in [3.8, 4) is 0 Å². The van der Waals surface area contributed by atoms with Crippen molar-refractivity contribution in [2.45, 2.75) is 108 Å². The van der Waals surface area contributed by atoms with Gasteiger partial charge in [-0.3, -0.25) is 14.5 Å². The van der Waals surface area contributed by atoms with Crippen LogP contribution in [0.25, 0.3) is 11.0 Å². The van der Waals surface area contributed by atoms with E-state index in [4.69, 9.17) is 4.74 Å². The number of aromatic nitrogens is 2. The van der Waals surface area contributed by atoms with Gasteiger partial charge in [-0.25, -0.2) is 4.98 Å². The molecule has 2 saturated heterocycles. The number of nitrogens with zero attached hydrogens (tertiary/aromatic N) is 3. The van der Waals surface area contributed by atoms with Crippen molar-refractivity contribution < 1.29 is 9.53 Å². The summed E-state index contributed by atoms with van der Waals surface area (Å²) in [6, 6.07) is 9.93. The van der Waals surface area contributed by atoms with Crippen LogP contribution in [0.5, 0.6) is 0 Å². The van der Waals surface area contributed by atoms with E-state index in [0.717, 1.165) is 41.8 Å². The van der Waals surface area contributed by atoms with E-state index in [2.05, 4.69) is 9.88 Å². The molecule has 1 aromatic carbocycles. The molecule has 0 amide bonds. The maximum Gasteiger partial charge on any atom is 0.312 e. The number of ether oxygens (including phenoxy) is 1. The zero-order valence-corrected chi connectivity index (χ0v) is 21.0. The van der Waals surface area contributed by atoms with Crippen molar-refractivity contribution in [1.29, 1.82) is 0 Å². The third kappa shape index (κ3) is 4.43. The van der Waals surface area contributed by atoms with E-state index in [1.165, 1.54) is 57.8 Å². The first-order chi connectivity index (χ1) is 17.1. The fraction of sp³-hybridized carbons (Fsp3) is 0.690. The average Bonchev–Trinajstić information content (AvgIpc) is 3.00. The molecule has 2 saturated carbocycles. The van der Waals surface area contributed by atoms with Gasteiger partial charge in [0.15, 0.2) is 0 Å². The summed E-state index contributed by atoms with van der Waals surface area (Å²) < 4.78 is 7.12. The average molecular weight is 478 g/mol. The molecule has 2 aromatic rings. The third-order valence-corrected chi connectivity index (χ3v) is 9.38. The van der Waals surface area contributed by atoms with Crippen molar-refractivity contribution in [2.24, 2.45) is 11.8 Å². The van der Waals surface area contributed by atoms with Crippen LogP contribution in [-0.2, 0) is 16.0 Å². The molecule has 6 rings (SSSR count). The van der Waals surface area contributed by atoms with Gasteiger partial charge in [0.1, 0.15) is 5.69 Å². The van der Waals surface area contributed by atoms with E-state index < -0.39 is 0 Å². The summed E-state index contributed by atoms with van der Waals surface area (Å²) in [4.78, 5) is 33.4. The molecule has 2 aliphatic heterocycles. The second-order valence-corrected chi connectivity index (χ2v) is 11.5. The second-order valence-electron chi connectivity index (χ2n) is 11.5. The quantitative estimate of drug-likeness (QED) is 0.565. The lowest BCUT2D eigenvalue weighted by molar-refractivity contribution is -0.142. The second kappa shape index (κ2) is 9.68. The lowest BCUT2D eigenvalue weighted by atomic mass is 9.76. The summed E-state index contributed by atoms with van der Waals surface area (Å²) >= 11 is 0. The summed E-state index contributed by atoms with van der Waals surface area (Å²) in [5.74, 6) is 1.47. The van der Waals surface area contributed by atoms with Crippen molar-refractivity contribution in [1.82, 2.24) is 14.5 Å². The van der Waals surface area contributed by atoms with E-state index in [1.807, 2.05) is 28.8 Å². The van der Waals surface area contributed by atoms with Gasteiger partial charge in [-0.05, 0) is 75.8 Å². The molecule has 0 spiro atoms. The number of hydrogen-bond acceptors (Lipinski definition) is 5. The summed E-state index contributed by atoms with van der Waals surface area (Å²) in [5.41, 5.74) is 1.88. The molecular weight excluding hydrogens is 438 g/mol. The molecule has 6 heteroatoms. The first-order valence-electron chi connectivity index (χ1n) is 14.0. The smallest absolute Gasteiger partial charge is 0.312 e. The zero-order valence-electron chi connectivity index (χ0n) is 21.0. The van der Waals surface area contributed by atoms with E-state index in [0.29, 0.717) is 24.4 Å². The predicted octanol–water partition coefficient (Wildman–Crippen LogP) is 5.03. The highest BCUT2D eigenvalue weighted by Gasteiger charge is 2.46. The number of carbonyl (C=O) groups excluding carboxylic acids is 1. The van der Waals surface area contributed by atoms with Crippen LogP contribution in [0, 0.1) is 11.8 Å². The van der Waals surface area contributed by atoms with Crippen LogP contribution in [-0.4, -0.2) is 45.2 Å². The first kappa shape index (κ1) is 23.2. The number of piperidine rings is 1. The van der Waals surface area contributed by atoms with Gasteiger partial charge in [-0.2, -0.15) is 0 Å². The van der Waals surface area contributed by atoms with Crippen LogP contribution in [0.1, 0.15) is 89.3 Å². The third-order valence-electron chi connectivity index (χ3n) is 9.38. The Balaban J connectivity index is 1.29. The highest BCUT2D eigenvalue weighted by molar-refractivity contribution is 5.77. The Morgan fingerprint density at radius 2 is 1.60 bits per heavy atom. The van der Waals surface area contributed by atoms with Gasteiger partial charge in [-0.1, -0.05) is 37.8 Å². The normalized spacial score (nSPS) is 32.9. The number of hydrogen-bond donors (Lipinski definition) is 0. The Labute approximate surface area is 208 Å². The summed E-state index contributed by atoms with van der Waals surface area (Å²) in [6.45, 7) is 2.10. The van der Waals surface area contributed by atoms with Crippen molar-refractivity contribution in [2.75, 3.05) is 6.61 Å². The fourth-order valence-corrected chi connectivity index (χ4v) is 8.13. The standard InChI is InChI=1S/C29H39N3O3/c1-2-35-28(33)18-26-29(34)32(27-10-6-5-9-25(27)30-26)24-16-21-11-12-22(17-24)31(21)23-14-19-7-3-4-8-20(13-19)15-23/h5-6,9-10,19-24H,2-4,7-8,11-18H2,1H3/t19-,20?,21+,22+,23-/m0/s1. The summed E-state index contributed by atoms with van der Waals surface area (Å²) in [6.07, 6.45) is 14.4. The molecule has 2 aliphatic carbocycles. The van der Waals surface area contributed by atoms with Gasteiger partial charge in [0.2, 0.25) is 0 Å². The molecule has 1 aromatic heterocycles. The Morgan fingerprint density at radius 1 is 0.914 bits per heavy atom. The van der Waals surface area contributed by atoms with Crippen LogP contribution in [0.2, 0.25) is 0 Å². The van der Waals surface area contributed by atoms with Gasteiger partial charge >= 0.3 is 5.97 Å². The van der Waals surface area contributed by atoms with Gasteiger partial charge in [0, 0.05) is 24.2 Å². The largest absolute Gasteiger partial charge is 0.466 e. The monoisotopic (exact) mass is 477 g/mol. The molecule has 4 fully saturated rings. The molecule has 0 radical (unpaired) electrons. The van der Waals surface area contributed by atoms with Gasteiger partial charge in [0.05, 0.1) is 24.1 Å². The van der Waals surface area contributed by atoms with Crippen LogP contribution in [0.15, 0.2) is 29.1 Å². The Hall–Kier alpha value is -2.21. The molecule has 4 bridgehead atoms. The van der Waals surface area contributed by atoms with Crippen LogP contribution >= 0.6 is 0 Å². The highest BCUT2D eigenvalue weighted by atomic mass is 16.5. The molecule has 6 nitrogen and oxygen atoms in total. The lowest BCUT2D eigenvalue weighted by Gasteiger charge is -2.48. The fourth-order valence-electron chi connectivity index (χ4n) is 8.13. The number of esters is 1. The SMILES string of the molecule is CCOC(=O)Cc1nc2ccccc2n(C2C[C@H]3CC[C@H](C2)N3[C@@H]2CC3CCCC[C@@H](C3)C2)c1=O. The number of benzene rings is 1. The maximum absolute atomic E-state index is 13.7. The van der Waals surface area contributed by atoms with Crippen molar-refractivity contribution >= 4 is 17.0 Å². The zero-order chi connectivity index (χ0) is 23.9. The van der Waals surface area contributed by atoms with E-state index >= 15 is 0 Å². The van der Waals surface area contributed by atoms with Gasteiger partial charge in [0.25, 0.3) is 5.56 Å². The highest BCUT2D eigenvalue weighted by Crippen LogP contribution is 2.47. The minimum Gasteiger partial charge on any atom is -0.466 e. The van der Waals surface area contributed by atoms with Crippen molar-refractivity contribution in [3.05, 3.63) is 40.3 Å². The molecule has 5 atom stereocenters. The molecule has 35 heavy (non-hydrogen) atoms. The molecule has 0 N–H and O–H groups in total. The number of carbonyl (C=O) groups is 1. The number of rotatable bonds is 5. The van der Waals surface area contributed by atoms with Gasteiger partial charge in [-0.15, -0.1) is 0 Å². The molecule has 3 heterocycles. The van der Waals surface area contributed by atoms with Crippen LogP contribution < -0.4 is 5.56 Å². The molecule has 4 aliphatic rings. The lowest BCUT2D eigenvalue weighted by Crippen LogP contribution is -2.52. The number of para-hydroxylation sites is 2. The van der Waals surface area contributed by atoms with Crippen LogP contribution in [0.4, 0.5) is 0 Å². The van der Waals surface area contributed by atoms with E-state index in [-0.39, 0.29) is 24.0 Å². The van der Waals surface area contributed by atoms with Crippen LogP contribution in [0.3, 0.4) is 0 Å². The minimum atomic E-state index is -0.382. The topological polar surface area (TPSA) is 64.4 Å². The minimum absolute atomic E-state index is 0.0614. The predicted molar refractivity (Wildman–Crippen MR) is 136 cm³/mol. The van der Waals surface area contributed by atoms with Crippen molar-refractivity contribution in [3.63, 3.8) is 0 Å². The summed E-state index contributed by atoms with van der Waals surface area (Å²) in [5, 5.41) is 0.